The molecule has 1 saturated heterocycles. The predicted molar refractivity (Wildman–Crippen MR) is 79.3 cm³/mol. The van der Waals surface area contributed by atoms with Crippen molar-refractivity contribution in [2.24, 2.45) is 0 Å². The maximum absolute atomic E-state index is 12.0. The van der Waals surface area contributed by atoms with E-state index in [0.717, 1.165) is 19.3 Å². The van der Waals surface area contributed by atoms with Crippen LogP contribution in [0.1, 0.15) is 58.3 Å². The minimum absolute atomic E-state index is 0.0635. The smallest absolute Gasteiger partial charge is 0.328 e. The van der Waals surface area contributed by atoms with Gasteiger partial charge >= 0.3 is 5.97 Å². The van der Waals surface area contributed by atoms with Crippen LogP contribution in [0.3, 0.4) is 0 Å². The Balaban J connectivity index is 2.29. The van der Waals surface area contributed by atoms with Crippen LogP contribution in [0.2, 0.25) is 0 Å². The molecular formula is C16H27NO3. The Kier molecular flexibility index (Phi) is 8.00. The van der Waals surface area contributed by atoms with E-state index in [1.165, 1.54) is 32.8 Å². The van der Waals surface area contributed by atoms with Gasteiger partial charge in [-0.3, -0.25) is 4.79 Å². The zero-order chi connectivity index (χ0) is 14.8. The SMILES string of the molecule is CCCCCCC/C=C/C(=O)N1CCCC1C(=O)OC. The molecule has 0 bridgehead atoms. The van der Waals surface area contributed by atoms with Gasteiger partial charge in [0, 0.05) is 6.54 Å². The Hall–Kier alpha value is -1.32. The number of rotatable bonds is 8. The van der Waals surface area contributed by atoms with Crippen LogP contribution in [0.25, 0.3) is 0 Å². The molecule has 4 heteroatoms. The molecule has 1 aliphatic heterocycles. The maximum atomic E-state index is 12.0. The van der Waals surface area contributed by atoms with Gasteiger partial charge in [0.25, 0.3) is 0 Å². The molecule has 0 N–H and O–H groups in total. The molecule has 0 aromatic carbocycles. The molecule has 4 nitrogen and oxygen atoms in total. The summed E-state index contributed by atoms with van der Waals surface area (Å²) in [6.45, 7) is 2.85. The number of amides is 1. The monoisotopic (exact) mass is 281 g/mol. The van der Waals surface area contributed by atoms with Crippen molar-refractivity contribution in [2.75, 3.05) is 13.7 Å². The minimum atomic E-state index is -0.387. The average Bonchev–Trinajstić information content (AvgIpc) is 2.94. The van der Waals surface area contributed by atoms with Gasteiger partial charge < -0.3 is 9.64 Å². The summed E-state index contributed by atoms with van der Waals surface area (Å²) in [6.07, 6.45) is 12.2. The number of hydrogen-bond acceptors (Lipinski definition) is 3. The number of ether oxygens (including phenoxy) is 1. The van der Waals surface area contributed by atoms with E-state index in [0.29, 0.717) is 13.0 Å². The second kappa shape index (κ2) is 9.56. The summed E-state index contributed by atoms with van der Waals surface area (Å²) in [5.74, 6) is -0.365. The highest BCUT2D eigenvalue weighted by Crippen LogP contribution is 2.18. The number of esters is 1. The number of nitrogens with zero attached hydrogens (tertiary/aromatic N) is 1. The highest BCUT2D eigenvalue weighted by atomic mass is 16.5. The molecule has 1 amide bonds. The number of methoxy groups -OCH3 is 1. The molecule has 1 rings (SSSR count). The zero-order valence-electron chi connectivity index (χ0n) is 12.8. The van der Waals surface area contributed by atoms with Crippen LogP contribution in [0, 0.1) is 0 Å². The molecule has 0 saturated carbocycles. The van der Waals surface area contributed by atoms with E-state index in [-0.39, 0.29) is 17.9 Å². The first-order valence-electron chi connectivity index (χ1n) is 7.75. The third-order valence-electron chi connectivity index (χ3n) is 3.74. The lowest BCUT2D eigenvalue weighted by Gasteiger charge is -2.20. The number of likely N-dealkylation sites (tertiary alicyclic amines) is 1. The summed E-state index contributed by atoms with van der Waals surface area (Å²) in [5, 5.41) is 0. The first-order valence-corrected chi connectivity index (χ1v) is 7.75. The van der Waals surface area contributed by atoms with Gasteiger partial charge in [-0.25, -0.2) is 4.79 Å². The fourth-order valence-corrected chi connectivity index (χ4v) is 2.56. The van der Waals surface area contributed by atoms with Gasteiger partial charge in [-0.2, -0.15) is 0 Å². The molecule has 1 atom stereocenters. The van der Waals surface area contributed by atoms with E-state index in [1.54, 1.807) is 11.0 Å². The van der Waals surface area contributed by atoms with Crippen molar-refractivity contribution in [3.63, 3.8) is 0 Å². The number of hydrogen-bond donors (Lipinski definition) is 0. The molecule has 1 unspecified atom stereocenters. The summed E-state index contributed by atoms with van der Waals surface area (Å²) in [4.78, 5) is 25.2. The molecule has 1 aliphatic rings. The van der Waals surface area contributed by atoms with Gasteiger partial charge in [-0.15, -0.1) is 0 Å². The lowest BCUT2D eigenvalue weighted by Crippen LogP contribution is -2.40. The molecule has 1 fully saturated rings. The highest BCUT2D eigenvalue weighted by Gasteiger charge is 2.33. The van der Waals surface area contributed by atoms with Crippen molar-refractivity contribution in [3.8, 4) is 0 Å². The third kappa shape index (κ3) is 5.35. The molecule has 0 radical (unpaired) electrons. The van der Waals surface area contributed by atoms with Gasteiger partial charge in [0.2, 0.25) is 5.91 Å². The van der Waals surface area contributed by atoms with Gasteiger partial charge in [0.15, 0.2) is 0 Å². The van der Waals surface area contributed by atoms with E-state index in [1.807, 2.05) is 6.08 Å². The molecule has 0 aromatic rings. The standard InChI is InChI=1S/C16H27NO3/c1-3-4-5-6-7-8-9-12-15(18)17-13-10-11-14(17)16(19)20-2/h9,12,14H,3-8,10-11,13H2,1-2H3/b12-9+. The van der Waals surface area contributed by atoms with Crippen molar-refractivity contribution in [2.45, 2.75) is 64.3 Å². The van der Waals surface area contributed by atoms with Gasteiger partial charge in [-0.05, 0) is 31.8 Å². The van der Waals surface area contributed by atoms with Crippen molar-refractivity contribution >= 4 is 11.9 Å². The predicted octanol–water partition coefficient (Wildman–Crippen LogP) is 3.07. The van der Waals surface area contributed by atoms with Gasteiger partial charge in [0.05, 0.1) is 7.11 Å². The molecular weight excluding hydrogens is 254 g/mol. The fraction of sp³-hybridized carbons (Fsp3) is 0.750. The Bertz CT molecular complexity index is 339. The van der Waals surface area contributed by atoms with E-state index in [2.05, 4.69) is 6.92 Å². The average molecular weight is 281 g/mol. The lowest BCUT2D eigenvalue weighted by atomic mass is 10.1. The van der Waals surface area contributed by atoms with Crippen LogP contribution < -0.4 is 0 Å². The molecule has 20 heavy (non-hydrogen) atoms. The van der Waals surface area contributed by atoms with Crippen LogP contribution >= 0.6 is 0 Å². The first-order chi connectivity index (χ1) is 9.70. The van der Waals surface area contributed by atoms with Crippen molar-refractivity contribution in [1.29, 1.82) is 0 Å². The second-order valence-corrected chi connectivity index (χ2v) is 5.32. The van der Waals surface area contributed by atoms with E-state index in [4.69, 9.17) is 4.74 Å². The molecule has 114 valence electrons. The molecule has 0 aromatic heterocycles. The van der Waals surface area contributed by atoms with E-state index < -0.39 is 0 Å². The van der Waals surface area contributed by atoms with E-state index in [9.17, 15) is 9.59 Å². The molecule has 0 aliphatic carbocycles. The summed E-state index contributed by atoms with van der Waals surface area (Å²) in [7, 11) is 1.37. The summed E-state index contributed by atoms with van der Waals surface area (Å²) in [5.41, 5.74) is 0. The lowest BCUT2D eigenvalue weighted by molar-refractivity contribution is -0.149. The maximum Gasteiger partial charge on any atom is 0.328 e. The quantitative estimate of drug-likeness (QED) is 0.390. The normalized spacial score (nSPS) is 18.7. The van der Waals surface area contributed by atoms with Crippen LogP contribution in [-0.4, -0.2) is 36.5 Å². The van der Waals surface area contributed by atoms with Crippen molar-refractivity contribution in [3.05, 3.63) is 12.2 Å². The molecule has 1 heterocycles. The number of carbonyl (C=O) groups is 2. The van der Waals surface area contributed by atoms with Crippen LogP contribution in [0.4, 0.5) is 0 Å². The Labute approximate surface area is 122 Å². The summed E-state index contributed by atoms with van der Waals surface area (Å²) < 4.78 is 4.74. The first kappa shape index (κ1) is 16.7. The Morgan fingerprint density at radius 2 is 2.00 bits per heavy atom. The van der Waals surface area contributed by atoms with Crippen molar-refractivity contribution in [1.82, 2.24) is 4.90 Å². The van der Waals surface area contributed by atoms with Crippen molar-refractivity contribution < 1.29 is 14.3 Å². The minimum Gasteiger partial charge on any atom is -0.467 e. The van der Waals surface area contributed by atoms with Gasteiger partial charge in [-0.1, -0.05) is 38.7 Å². The topological polar surface area (TPSA) is 46.6 Å². The van der Waals surface area contributed by atoms with Gasteiger partial charge in [0.1, 0.15) is 6.04 Å². The Morgan fingerprint density at radius 1 is 1.25 bits per heavy atom. The second-order valence-electron chi connectivity index (χ2n) is 5.32. The fourth-order valence-electron chi connectivity index (χ4n) is 2.56. The van der Waals surface area contributed by atoms with Crippen LogP contribution in [-0.2, 0) is 14.3 Å². The highest BCUT2D eigenvalue weighted by molar-refractivity contribution is 5.91. The Morgan fingerprint density at radius 3 is 2.70 bits per heavy atom. The number of unbranched alkanes of at least 4 members (excludes halogenated alkanes) is 5. The molecule has 0 spiro atoms. The summed E-state index contributed by atoms with van der Waals surface area (Å²) in [6, 6.07) is -0.387. The van der Waals surface area contributed by atoms with Crippen LogP contribution in [0.15, 0.2) is 12.2 Å². The number of carbonyl (C=O) groups excluding carboxylic acids is 2. The number of allylic oxidation sites excluding steroid dienone is 1. The summed E-state index contributed by atoms with van der Waals surface area (Å²) >= 11 is 0. The van der Waals surface area contributed by atoms with E-state index >= 15 is 0 Å². The largest absolute Gasteiger partial charge is 0.467 e. The zero-order valence-corrected chi connectivity index (χ0v) is 12.8. The van der Waals surface area contributed by atoms with Crippen LogP contribution in [0.5, 0.6) is 0 Å². The third-order valence-corrected chi connectivity index (χ3v) is 3.74.